The molecule has 0 unspecified atom stereocenters. The van der Waals surface area contributed by atoms with Crippen LogP contribution in [0.15, 0.2) is 0 Å². The molecule has 5 rings (SSSR count). The predicted molar refractivity (Wildman–Crippen MR) is 106 cm³/mol. The summed E-state index contributed by atoms with van der Waals surface area (Å²) in [7, 11) is 1.80. The van der Waals surface area contributed by atoms with E-state index in [1.807, 2.05) is 4.90 Å². The number of fused-ring (bicyclic) bond motifs is 1. The first-order valence-corrected chi connectivity index (χ1v) is 10.3. The van der Waals surface area contributed by atoms with Crippen LogP contribution in [0.5, 0.6) is 0 Å². The molecule has 29 heavy (non-hydrogen) atoms. The number of carbonyl (C=O) groups is 1. The molecule has 10 nitrogen and oxygen atoms in total. The van der Waals surface area contributed by atoms with Crippen molar-refractivity contribution in [1.82, 2.24) is 29.3 Å². The van der Waals surface area contributed by atoms with E-state index in [9.17, 15) is 4.79 Å². The average molecular weight is 422 g/mol. The lowest BCUT2D eigenvalue weighted by Crippen LogP contribution is -2.63. The van der Waals surface area contributed by atoms with Gasteiger partial charge in [0.05, 0.1) is 26.4 Å². The number of hydrogen-bond donors (Lipinski definition) is 0. The van der Waals surface area contributed by atoms with Crippen molar-refractivity contribution in [2.75, 3.05) is 70.6 Å². The summed E-state index contributed by atoms with van der Waals surface area (Å²) in [5.41, 5.74) is 1.17. The number of anilines is 1. The Bertz CT molecular complexity index is 918. The van der Waals surface area contributed by atoms with Gasteiger partial charge in [0.1, 0.15) is 0 Å². The molecule has 1 amide bonds. The first kappa shape index (κ1) is 19.0. The average Bonchev–Trinajstić information content (AvgIpc) is 3.04. The molecule has 0 spiro atoms. The molecule has 3 aliphatic rings. The largest absolute Gasteiger partial charge is 0.379 e. The second kappa shape index (κ2) is 7.67. The van der Waals surface area contributed by atoms with E-state index in [1.165, 1.54) is 0 Å². The molecule has 0 atom stereocenters. The summed E-state index contributed by atoms with van der Waals surface area (Å²) in [6.07, 6.45) is 0. The number of imidazole rings is 1. The standard InChI is InChI=1S/C18H24ClN7O3/c1-23-14-13(15(22-18(19)21-14)25-4-8-29-9-5-25)20-16(23)17(27)26-10-12(11-26)24-2-6-28-7-3-24/h12H,2-11H2,1H3. The minimum absolute atomic E-state index is 0.0842. The highest BCUT2D eigenvalue weighted by Gasteiger charge is 2.37. The van der Waals surface area contributed by atoms with Gasteiger partial charge in [-0.2, -0.15) is 9.97 Å². The Morgan fingerprint density at radius 3 is 2.34 bits per heavy atom. The third-order valence-electron chi connectivity index (χ3n) is 5.89. The van der Waals surface area contributed by atoms with Crippen molar-refractivity contribution in [3.63, 3.8) is 0 Å². The summed E-state index contributed by atoms with van der Waals surface area (Å²) in [5.74, 6) is 0.943. The fourth-order valence-corrected chi connectivity index (χ4v) is 4.30. The molecule has 3 saturated heterocycles. The number of morpholine rings is 2. The fourth-order valence-electron chi connectivity index (χ4n) is 4.14. The number of carbonyl (C=O) groups excluding carboxylic acids is 1. The molecule has 5 heterocycles. The van der Waals surface area contributed by atoms with Crippen LogP contribution >= 0.6 is 11.6 Å². The van der Waals surface area contributed by atoms with Crippen LogP contribution in [0.3, 0.4) is 0 Å². The van der Waals surface area contributed by atoms with Crippen LogP contribution in [-0.2, 0) is 16.5 Å². The number of aryl methyl sites for hydroxylation is 1. The van der Waals surface area contributed by atoms with E-state index in [0.717, 1.165) is 26.3 Å². The van der Waals surface area contributed by atoms with Crippen LogP contribution in [-0.4, -0.2) is 107 Å². The second-order valence-corrected chi connectivity index (χ2v) is 7.93. The van der Waals surface area contributed by atoms with Gasteiger partial charge in [-0.3, -0.25) is 9.69 Å². The number of hydrogen-bond acceptors (Lipinski definition) is 8. The Labute approximate surface area is 173 Å². The lowest BCUT2D eigenvalue weighted by molar-refractivity contribution is -0.0260. The lowest BCUT2D eigenvalue weighted by Gasteiger charge is -2.46. The van der Waals surface area contributed by atoms with Crippen molar-refractivity contribution in [2.24, 2.45) is 7.05 Å². The van der Waals surface area contributed by atoms with E-state index in [1.54, 1.807) is 11.6 Å². The molecule has 3 fully saturated rings. The number of ether oxygens (including phenoxy) is 2. The van der Waals surface area contributed by atoms with Gasteiger partial charge in [0.15, 0.2) is 17.0 Å². The molecule has 0 bridgehead atoms. The Hall–Kier alpha value is -2.01. The smallest absolute Gasteiger partial charge is 0.290 e. The summed E-state index contributed by atoms with van der Waals surface area (Å²) < 4.78 is 12.6. The Morgan fingerprint density at radius 2 is 1.66 bits per heavy atom. The molecule has 3 aliphatic heterocycles. The van der Waals surface area contributed by atoms with Gasteiger partial charge in [0.25, 0.3) is 5.91 Å². The second-order valence-electron chi connectivity index (χ2n) is 7.59. The summed E-state index contributed by atoms with van der Waals surface area (Å²) in [6, 6.07) is 0.399. The molecular formula is C18H24ClN7O3. The molecule has 11 heteroatoms. The Kier molecular flexibility index (Phi) is 5.02. The maximum Gasteiger partial charge on any atom is 0.290 e. The molecule has 0 saturated carbocycles. The van der Waals surface area contributed by atoms with Crippen molar-refractivity contribution in [3.8, 4) is 0 Å². The minimum atomic E-state index is -0.0842. The number of aromatic nitrogens is 4. The Morgan fingerprint density at radius 1 is 1.00 bits per heavy atom. The van der Waals surface area contributed by atoms with Gasteiger partial charge in [0.2, 0.25) is 11.1 Å². The monoisotopic (exact) mass is 421 g/mol. The van der Waals surface area contributed by atoms with Crippen LogP contribution in [0, 0.1) is 0 Å². The third-order valence-corrected chi connectivity index (χ3v) is 6.06. The molecule has 0 aliphatic carbocycles. The maximum atomic E-state index is 13.1. The van der Waals surface area contributed by atoms with E-state index < -0.39 is 0 Å². The number of rotatable bonds is 3. The highest BCUT2D eigenvalue weighted by atomic mass is 35.5. The normalized spacial score (nSPS) is 21.6. The van der Waals surface area contributed by atoms with Gasteiger partial charge >= 0.3 is 0 Å². The molecule has 156 valence electrons. The molecule has 0 aromatic carbocycles. The van der Waals surface area contributed by atoms with Crippen LogP contribution in [0.2, 0.25) is 5.28 Å². The van der Waals surface area contributed by atoms with Crippen molar-refractivity contribution in [1.29, 1.82) is 0 Å². The van der Waals surface area contributed by atoms with Crippen molar-refractivity contribution < 1.29 is 14.3 Å². The highest BCUT2D eigenvalue weighted by Crippen LogP contribution is 2.27. The zero-order chi connectivity index (χ0) is 20.0. The zero-order valence-corrected chi connectivity index (χ0v) is 17.1. The summed E-state index contributed by atoms with van der Waals surface area (Å²) in [6.45, 7) is 7.46. The molecular weight excluding hydrogens is 398 g/mol. The third kappa shape index (κ3) is 3.43. The Balaban J connectivity index is 1.39. The number of nitrogens with zero attached hydrogens (tertiary/aromatic N) is 7. The minimum Gasteiger partial charge on any atom is -0.379 e. The quantitative estimate of drug-likeness (QED) is 0.640. The van der Waals surface area contributed by atoms with E-state index in [-0.39, 0.29) is 11.2 Å². The topological polar surface area (TPSA) is 88.9 Å². The van der Waals surface area contributed by atoms with Crippen LogP contribution in [0.1, 0.15) is 10.6 Å². The van der Waals surface area contributed by atoms with Gasteiger partial charge in [-0.15, -0.1) is 0 Å². The first-order valence-electron chi connectivity index (χ1n) is 9.95. The van der Waals surface area contributed by atoms with Gasteiger partial charge in [-0.25, -0.2) is 4.98 Å². The van der Waals surface area contributed by atoms with E-state index in [0.29, 0.717) is 68.2 Å². The van der Waals surface area contributed by atoms with E-state index in [2.05, 4.69) is 24.8 Å². The van der Waals surface area contributed by atoms with E-state index >= 15 is 0 Å². The summed E-state index contributed by atoms with van der Waals surface area (Å²) in [4.78, 5) is 32.8. The van der Waals surface area contributed by atoms with Crippen molar-refractivity contribution in [2.45, 2.75) is 6.04 Å². The van der Waals surface area contributed by atoms with Crippen LogP contribution in [0.25, 0.3) is 11.2 Å². The van der Waals surface area contributed by atoms with Gasteiger partial charge in [0, 0.05) is 52.4 Å². The number of halogens is 1. The lowest BCUT2D eigenvalue weighted by atomic mass is 10.1. The van der Waals surface area contributed by atoms with Crippen LogP contribution < -0.4 is 4.90 Å². The fraction of sp³-hybridized carbons (Fsp3) is 0.667. The summed E-state index contributed by atoms with van der Waals surface area (Å²) >= 11 is 6.18. The van der Waals surface area contributed by atoms with E-state index in [4.69, 9.17) is 21.1 Å². The zero-order valence-electron chi connectivity index (χ0n) is 16.4. The van der Waals surface area contributed by atoms with Crippen molar-refractivity contribution in [3.05, 3.63) is 11.1 Å². The number of likely N-dealkylation sites (tertiary alicyclic amines) is 1. The first-order chi connectivity index (χ1) is 14.1. The maximum absolute atomic E-state index is 13.1. The van der Waals surface area contributed by atoms with Crippen LogP contribution in [0.4, 0.5) is 5.82 Å². The van der Waals surface area contributed by atoms with Crippen molar-refractivity contribution >= 4 is 34.5 Å². The molecule has 0 N–H and O–H groups in total. The van der Waals surface area contributed by atoms with Gasteiger partial charge < -0.3 is 23.8 Å². The van der Waals surface area contributed by atoms with Gasteiger partial charge in [-0.1, -0.05) is 0 Å². The molecule has 2 aromatic rings. The molecule has 2 aromatic heterocycles. The SMILES string of the molecule is Cn1c(C(=O)N2CC(N3CCOCC3)C2)nc2c(N3CCOCC3)nc(Cl)nc21. The summed E-state index contributed by atoms with van der Waals surface area (Å²) in [5, 5.41) is 0.150. The predicted octanol–water partition coefficient (Wildman–Crippen LogP) is 0.00990. The van der Waals surface area contributed by atoms with Gasteiger partial charge in [-0.05, 0) is 11.6 Å². The molecule has 0 radical (unpaired) electrons. The number of amides is 1. The highest BCUT2D eigenvalue weighted by molar-refractivity contribution is 6.28.